The van der Waals surface area contributed by atoms with Crippen LogP contribution in [0.2, 0.25) is 0 Å². The summed E-state index contributed by atoms with van der Waals surface area (Å²) in [7, 11) is 0. The second-order valence-electron chi connectivity index (χ2n) is 7.06. The van der Waals surface area contributed by atoms with Gasteiger partial charge in [0.05, 0.1) is 10.2 Å². The maximum atomic E-state index is 5.81. The van der Waals surface area contributed by atoms with E-state index in [9.17, 15) is 0 Å². The van der Waals surface area contributed by atoms with Crippen LogP contribution < -0.4 is 14.8 Å². The SMILES string of the molecule is c1nc(NCC2(c3ccc4c(c3)OCCO4)CCCC2)c2sccc2n1. The quantitative estimate of drug-likeness (QED) is 0.741. The Morgan fingerprint density at radius 1 is 1.04 bits per heavy atom. The van der Waals surface area contributed by atoms with Crippen molar-refractivity contribution in [3.05, 3.63) is 41.5 Å². The first-order chi connectivity index (χ1) is 12.8. The van der Waals surface area contributed by atoms with Crippen molar-refractivity contribution in [3.63, 3.8) is 0 Å². The van der Waals surface area contributed by atoms with E-state index >= 15 is 0 Å². The zero-order valence-electron chi connectivity index (χ0n) is 14.5. The van der Waals surface area contributed by atoms with Gasteiger partial charge in [0, 0.05) is 12.0 Å². The Labute approximate surface area is 156 Å². The molecule has 1 N–H and O–H groups in total. The van der Waals surface area contributed by atoms with Gasteiger partial charge in [-0.25, -0.2) is 9.97 Å². The molecule has 6 heteroatoms. The van der Waals surface area contributed by atoms with Crippen LogP contribution in [-0.4, -0.2) is 29.7 Å². The number of anilines is 1. The molecule has 3 heterocycles. The highest BCUT2D eigenvalue weighted by Gasteiger charge is 2.36. The molecule has 0 saturated heterocycles. The van der Waals surface area contributed by atoms with Gasteiger partial charge in [0.1, 0.15) is 25.4 Å². The summed E-state index contributed by atoms with van der Waals surface area (Å²) in [6.45, 7) is 2.12. The number of hydrogen-bond acceptors (Lipinski definition) is 6. The van der Waals surface area contributed by atoms with Crippen LogP contribution in [0, 0.1) is 0 Å². The van der Waals surface area contributed by atoms with Crippen LogP contribution in [0.15, 0.2) is 36.0 Å². The maximum Gasteiger partial charge on any atom is 0.161 e. The molecular formula is C20H21N3O2S. The first-order valence-electron chi connectivity index (χ1n) is 9.16. The highest BCUT2D eigenvalue weighted by molar-refractivity contribution is 7.17. The topological polar surface area (TPSA) is 56.3 Å². The van der Waals surface area contributed by atoms with Crippen molar-refractivity contribution in [1.29, 1.82) is 0 Å². The third-order valence-electron chi connectivity index (χ3n) is 5.55. The number of nitrogens with zero attached hydrogens (tertiary/aromatic N) is 2. The van der Waals surface area contributed by atoms with Crippen LogP contribution in [0.4, 0.5) is 5.82 Å². The summed E-state index contributed by atoms with van der Waals surface area (Å²) < 4.78 is 12.6. The summed E-state index contributed by atoms with van der Waals surface area (Å²) in [6.07, 6.45) is 6.52. The van der Waals surface area contributed by atoms with Crippen LogP contribution >= 0.6 is 11.3 Å². The van der Waals surface area contributed by atoms with Crippen molar-refractivity contribution in [1.82, 2.24) is 9.97 Å². The molecule has 2 aromatic heterocycles. The molecule has 0 radical (unpaired) electrons. The Balaban J connectivity index is 1.45. The summed E-state index contributed by atoms with van der Waals surface area (Å²) >= 11 is 1.69. The van der Waals surface area contributed by atoms with Crippen molar-refractivity contribution >= 4 is 27.4 Å². The van der Waals surface area contributed by atoms with E-state index in [2.05, 4.69) is 38.9 Å². The van der Waals surface area contributed by atoms with Crippen LogP contribution in [0.25, 0.3) is 10.2 Å². The molecule has 5 nitrogen and oxygen atoms in total. The number of thiophene rings is 1. The summed E-state index contributed by atoms with van der Waals surface area (Å²) in [5, 5.41) is 5.69. The van der Waals surface area contributed by atoms with Crippen LogP contribution in [-0.2, 0) is 5.41 Å². The molecule has 1 fully saturated rings. The standard InChI is InChI=1S/C20H21N3O2S/c1-2-7-20(6-1,14-3-4-16-17(11-14)25-9-8-24-16)12-21-19-18-15(5-10-26-18)22-13-23-19/h3-5,10-11,13H,1-2,6-9,12H2,(H,21,22,23). The number of fused-ring (bicyclic) bond motifs is 2. The zero-order valence-corrected chi connectivity index (χ0v) is 15.3. The van der Waals surface area contributed by atoms with Gasteiger partial charge in [-0.1, -0.05) is 18.9 Å². The Bertz CT molecular complexity index is 934. The summed E-state index contributed by atoms with van der Waals surface area (Å²) in [5.74, 6) is 2.67. The minimum absolute atomic E-state index is 0.115. The van der Waals surface area contributed by atoms with Gasteiger partial charge in [0.2, 0.25) is 0 Å². The summed E-state index contributed by atoms with van der Waals surface area (Å²) in [5.41, 5.74) is 2.46. The maximum absolute atomic E-state index is 5.81. The van der Waals surface area contributed by atoms with Crippen molar-refractivity contribution < 1.29 is 9.47 Å². The van der Waals surface area contributed by atoms with E-state index in [0.717, 1.165) is 34.1 Å². The highest BCUT2D eigenvalue weighted by atomic mass is 32.1. The molecule has 2 aliphatic rings. The predicted octanol–water partition coefficient (Wildman–Crippen LogP) is 4.39. The first kappa shape index (κ1) is 15.9. The minimum Gasteiger partial charge on any atom is -0.486 e. The van der Waals surface area contributed by atoms with Gasteiger partial charge < -0.3 is 14.8 Å². The molecule has 1 aliphatic carbocycles. The van der Waals surface area contributed by atoms with Gasteiger partial charge in [-0.05, 0) is 42.0 Å². The second-order valence-corrected chi connectivity index (χ2v) is 7.97. The van der Waals surface area contributed by atoms with Crippen molar-refractivity contribution in [2.75, 3.05) is 25.1 Å². The zero-order chi connectivity index (χ0) is 17.4. The molecule has 1 aliphatic heterocycles. The number of hydrogen-bond donors (Lipinski definition) is 1. The van der Waals surface area contributed by atoms with Gasteiger partial charge in [0.15, 0.2) is 11.5 Å². The number of benzene rings is 1. The van der Waals surface area contributed by atoms with E-state index in [4.69, 9.17) is 9.47 Å². The fourth-order valence-corrected chi connectivity index (χ4v) is 4.97. The fourth-order valence-electron chi connectivity index (χ4n) is 4.16. The molecule has 0 atom stereocenters. The molecule has 0 spiro atoms. The van der Waals surface area contributed by atoms with E-state index in [1.165, 1.54) is 31.2 Å². The van der Waals surface area contributed by atoms with E-state index in [1.807, 2.05) is 6.07 Å². The monoisotopic (exact) mass is 367 g/mol. The Hall–Kier alpha value is -2.34. The van der Waals surface area contributed by atoms with Gasteiger partial charge >= 0.3 is 0 Å². The number of ether oxygens (including phenoxy) is 2. The molecule has 0 bridgehead atoms. The van der Waals surface area contributed by atoms with Crippen LogP contribution in [0.5, 0.6) is 11.5 Å². The molecule has 1 saturated carbocycles. The summed E-state index contributed by atoms with van der Waals surface area (Å²) in [4.78, 5) is 8.81. The molecule has 0 amide bonds. The molecule has 134 valence electrons. The average molecular weight is 367 g/mol. The van der Waals surface area contributed by atoms with Crippen LogP contribution in [0.3, 0.4) is 0 Å². The Morgan fingerprint density at radius 3 is 2.77 bits per heavy atom. The smallest absolute Gasteiger partial charge is 0.161 e. The normalized spacial score (nSPS) is 18.2. The number of aromatic nitrogens is 2. The lowest BCUT2D eigenvalue weighted by Crippen LogP contribution is -2.32. The minimum atomic E-state index is 0.115. The van der Waals surface area contributed by atoms with E-state index in [-0.39, 0.29) is 5.41 Å². The lowest BCUT2D eigenvalue weighted by atomic mass is 9.78. The average Bonchev–Trinajstić information content (AvgIpc) is 3.36. The van der Waals surface area contributed by atoms with Gasteiger partial charge in [0.25, 0.3) is 0 Å². The first-order valence-corrected chi connectivity index (χ1v) is 10.0. The van der Waals surface area contributed by atoms with Gasteiger partial charge in [-0.3, -0.25) is 0 Å². The molecule has 5 rings (SSSR count). The fraction of sp³-hybridized carbons (Fsp3) is 0.400. The second kappa shape index (κ2) is 6.43. The highest BCUT2D eigenvalue weighted by Crippen LogP contribution is 2.44. The lowest BCUT2D eigenvalue weighted by molar-refractivity contribution is 0.171. The molecule has 0 unspecified atom stereocenters. The van der Waals surface area contributed by atoms with Crippen molar-refractivity contribution in [3.8, 4) is 11.5 Å². The Kier molecular flexibility index (Phi) is 3.93. The van der Waals surface area contributed by atoms with E-state index in [0.29, 0.717) is 13.2 Å². The number of rotatable bonds is 4. The molecule has 26 heavy (non-hydrogen) atoms. The van der Waals surface area contributed by atoms with Crippen molar-refractivity contribution in [2.24, 2.45) is 0 Å². The predicted molar refractivity (Wildman–Crippen MR) is 103 cm³/mol. The van der Waals surface area contributed by atoms with E-state index < -0.39 is 0 Å². The molecular weight excluding hydrogens is 346 g/mol. The van der Waals surface area contributed by atoms with Gasteiger partial charge in [-0.15, -0.1) is 11.3 Å². The van der Waals surface area contributed by atoms with Crippen LogP contribution in [0.1, 0.15) is 31.2 Å². The third kappa shape index (κ3) is 2.69. The van der Waals surface area contributed by atoms with E-state index in [1.54, 1.807) is 17.7 Å². The Morgan fingerprint density at radius 2 is 1.88 bits per heavy atom. The number of nitrogens with one attached hydrogen (secondary N) is 1. The van der Waals surface area contributed by atoms with Gasteiger partial charge in [-0.2, -0.15) is 0 Å². The largest absolute Gasteiger partial charge is 0.486 e. The third-order valence-corrected chi connectivity index (χ3v) is 6.46. The lowest BCUT2D eigenvalue weighted by Gasteiger charge is -2.31. The summed E-state index contributed by atoms with van der Waals surface area (Å²) in [6, 6.07) is 8.49. The van der Waals surface area contributed by atoms with Crippen molar-refractivity contribution in [2.45, 2.75) is 31.1 Å². The molecule has 3 aromatic rings. The molecule has 1 aromatic carbocycles.